The summed E-state index contributed by atoms with van der Waals surface area (Å²) >= 11 is 0. The molecule has 1 aliphatic heterocycles. The fraction of sp³-hybridized carbons (Fsp3) is 0.444. The Bertz CT molecular complexity index is 776. The SMILES string of the molecule is CC(N)C1CCN(C(=O)COc2ccc3ccc(=O)oc3c2)CC1. The summed E-state index contributed by atoms with van der Waals surface area (Å²) in [7, 11) is 0. The van der Waals surface area contributed by atoms with Gasteiger partial charge in [0, 0.05) is 36.7 Å². The normalized spacial score (nSPS) is 17.0. The van der Waals surface area contributed by atoms with Crippen LogP contribution in [0.2, 0.25) is 0 Å². The third-order valence-corrected chi connectivity index (χ3v) is 4.59. The molecule has 0 aliphatic carbocycles. The fourth-order valence-electron chi connectivity index (χ4n) is 3.04. The molecule has 0 radical (unpaired) electrons. The summed E-state index contributed by atoms with van der Waals surface area (Å²) in [5.74, 6) is 0.960. The van der Waals surface area contributed by atoms with Crippen molar-refractivity contribution in [3.63, 3.8) is 0 Å². The zero-order chi connectivity index (χ0) is 17.1. The van der Waals surface area contributed by atoms with E-state index in [2.05, 4.69) is 0 Å². The van der Waals surface area contributed by atoms with Crippen LogP contribution in [0.15, 0.2) is 39.5 Å². The van der Waals surface area contributed by atoms with Crippen molar-refractivity contribution in [2.75, 3.05) is 19.7 Å². The van der Waals surface area contributed by atoms with Gasteiger partial charge in [0.25, 0.3) is 5.91 Å². The maximum absolute atomic E-state index is 12.3. The highest BCUT2D eigenvalue weighted by molar-refractivity contribution is 5.79. The fourth-order valence-corrected chi connectivity index (χ4v) is 3.04. The van der Waals surface area contributed by atoms with E-state index >= 15 is 0 Å². The first-order chi connectivity index (χ1) is 11.5. The molecule has 1 fully saturated rings. The summed E-state index contributed by atoms with van der Waals surface area (Å²) in [4.78, 5) is 25.3. The number of nitrogens with two attached hydrogens (primary N) is 1. The van der Waals surface area contributed by atoms with E-state index < -0.39 is 5.63 Å². The maximum atomic E-state index is 12.3. The molecule has 1 aromatic carbocycles. The van der Waals surface area contributed by atoms with Crippen molar-refractivity contribution in [2.24, 2.45) is 11.7 Å². The predicted octanol–water partition coefficient (Wildman–Crippen LogP) is 1.76. The summed E-state index contributed by atoms with van der Waals surface area (Å²) in [6, 6.07) is 8.43. The topological polar surface area (TPSA) is 85.8 Å². The monoisotopic (exact) mass is 330 g/mol. The van der Waals surface area contributed by atoms with Crippen molar-refractivity contribution >= 4 is 16.9 Å². The number of carbonyl (C=O) groups excluding carboxylic acids is 1. The molecule has 2 heterocycles. The van der Waals surface area contributed by atoms with Gasteiger partial charge in [-0.15, -0.1) is 0 Å². The standard InChI is InChI=1S/C18H22N2O4/c1-12(19)13-6-8-20(9-7-13)17(21)11-23-15-4-2-14-3-5-18(22)24-16(14)10-15/h2-5,10,12-13H,6-9,11,19H2,1H3. The number of likely N-dealkylation sites (tertiary alicyclic amines) is 1. The molecule has 2 N–H and O–H groups in total. The average Bonchev–Trinajstić information content (AvgIpc) is 2.59. The first-order valence-electron chi connectivity index (χ1n) is 8.23. The summed E-state index contributed by atoms with van der Waals surface area (Å²) in [5, 5.41) is 0.811. The third kappa shape index (κ3) is 3.76. The van der Waals surface area contributed by atoms with E-state index in [1.807, 2.05) is 11.8 Å². The van der Waals surface area contributed by atoms with E-state index in [0.29, 0.717) is 17.3 Å². The van der Waals surface area contributed by atoms with Crippen molar-refractivity contribution < 1.29 is 13.9 Å². The van der Waals surface area contributed by atoms with Gasteiger partial charge in [-0.3, -0.25) is 4.79 Å². The smallest absolute Gasteiger partial charge is 0.336 e. The molecule has 0 bridgehead atoms. The zero-order valence-electron chi connectivity index (χ0n) is 13.7. The minimum atomic E-state index is -0.410. The van der Waals surface area contributed by atoms with Crippen LogP contribution in [0.3, 0.4) is 0 Å². The number of hydrogen-bond donors (Lipinski definition) is 1. The Balaban J connectivity index is 1.57. The lowest BCUT2D eigenvalue weighted by Crippen LogP contribution is -2.44. The highest BCUT2D eigenvalue weighted by Crippen LogP contribution is 2.21. The summed E-state index contributed by atoms with van der Waals surface area (Å²) < 4.78 is 10.7. The summed E-state index contributed by atoms with van der Waals surface area (Å²) in [6.45, 7) is 3.44. The lowest BCUT2D eigenvalue weighted by molar-refractivity contribution is -0.134. The molecule has 6 heteroatoms. The molecule has 1 saturated heterocycles. The van der Waals surface area contributed by atoms with Crippen LogP contribution < -0.4 is 16.1 Å². The highest BCUT2D eigenvalue weighted by atomic mass is 16.5. The van der Waals surface area contributed by atoms with E-state index in [0.717, 1.165) is 31.3 Å². The van der Waals surface area contributed by atoms with Gasteiger partial charge < -0.3 is 19.8 Å². The molecule has 1 aliphatic rings. The molecule has 6 nitrogen and oxygen atoms in total. The van der Waals surface area contributed by atoms with Crippen LogP contribution in [0.5, 0.6) is 5.75 Å². The van der Waals surface area contributed by atoms with E-state index in [-0.39, 0.29) is 18.6 Å². The van der Waals surface area contributed by atoms with Gasteiger partial charge in [0.1, 0.15) is 11.3 Å². The molecule has 1 atom stereocenters. The quantitative estimate of drug-likeness (QED) is 0.863. The van der Waals surface area contributed by atoms with Gasteiger partial charge in [-0.1, -0.05) is 0 Å². The van der Waals surface area contributed by atoms with Crippen LogP contribution in [0.25, 0.3) is 11.0 Å². The van der Waals surface area contributed by atoms with Crippen LogP contribution in [-0.2, 0) is 4.79 Å². The number of fused-ring (bicyclic) bond motifs is 1. The Morgan fingerprint density at radius 1 is 1.33 bits per heavy atom. The first-order valence-corrected chi connectivity index (χ1v) is 8.23. The molecule has 1 amide bonds. The number of nitrogens with zero attached hydrogens (tertiary/aromatic N) is 1. The van der Waals surface area contributed by atoms with Gasteiger partial charge in [0.15, 0.2) is 6.61 Å². The van der Waals surface area contributed by atoms with Crippen molar-refractivity contribution in [3.8, 4) is 5.75 Å². The number of benzene rings is 1. The number of piperidine rings is 1. The van der Waals surface area contributed by atoms with E-state index in [1.165, 1.54) is 6.07 Å². The summed E-state index contributed by atoms with van der Waals surface area (Å²) in [6.07, 6.45) is 1.87. The second kappa shape index (κ2) is 7.05. The van der Waals surface area contributed by atoms with Crippen LogP contribution in [0.4, 0.5) is 0 Å². The molecule has 0 saturated carbocycles. The van der Waals surface area contributed by atoms with Crippen molar-refractivity contribution in [3.05, 3.63) is 40.8 Å². The largest absolute Gasteiger partial charge is 0.484 e. The van der Waals surface area contributed by atoms with Gasteiger partial charge in [-0.05, 0) is 43.9 Å². The molecule has 3 rings (SSSR count). The Hall–Kier alpha value is -2.34. The Morgan fingerprint density at radius 3 is 2.75 bits per heavy atom. The van der Waals surface area contributed by atoms with E-state index in [9.17, 15) is 9.59 Å². The lowest BCUT2D eigenvalue weighted by atomic mass is 9.91. The van der Waals surface area contributed by atoms with Crippen molar-refractivity contribution in [2.45, 2.75) is 25.8 Å². The molecule has 1 aromatic heterocycles. The number of rotatable bonds is 4. The van der Waals surface area contributed by atoms with E-state index in [4.69, 9.17) is 14.9 Å². The summed E-state index contributed by atoms with van der Waals surface area (Å²) in [5.41, 5.74) is 5.96. The van der Waals surface area contributed by atoms with Crippen LogP contribution >= 0.6 is 0 Å². The second-order valence-electron chi connectivity index (χ2n) is 6.32. The van der Waals surface area contributed by atoms with Gasteiger partial charge in [0.2, 0.25) is 0 Å². The van der Waals surface area contributed by atoms with Crippen molar-refractivity contribution in [1.82, 2.24) is 4.90 Å². The zero-order valence-corrected chi connectivity index (χ0v) is 13.7. The van der Waals surface area contributed by atoms with Gasteiger partial charge >= 0.3 is 5.63 Å². The second-order valence-corrected chi connectivity index (χ2v) is 6.32. The number of hydrogen-bond acceptors (Lipinski definition) is 5. The Morgan fingerprint density at radius 2 is 2.04 bits per heavy atom. The molecule has 24 heavy (non-hydrogen) atoms. The highest BCUT2D eigenvalue weighted by Gasteiger charge is 2.24. The van der Waals surface area contributed by atoms with E-state index in [1.54, 1.807) is 24.3 Å². The molecular weight excluding hydrogens is 308 g/mol. The minimum absolute atomic E-state index is 0.0224. The van der Waals surface area contributed by atoms with Crippen LogP contribution in [0.1, 0.15) is 19.8 Å². The molecule has 128 valence electrons. The van der Waals surface area contributed by atoms with Crippen LogP contribution in [0, 0.1) is 5.92 Å². The lowest BCUT2D eigenvalue weighted by Gasteiger charge is -2.33. The van der Waals surface area contributed by atoms with Crippen LogP contribution in [-0.4, -0.2) is 36.5 Å². The minimum Gasteiger partial charge on any atom is -0.484 e. The Labute approximate surface area is 140 Å². The molecule has 2 aromatic rings. The van der Waals surface area contributed by atoms with Crippen molar-refractivity contribution in [1.29, 1.82) is 0 Å². The van der Waals surface area contributed by atoms with Gasteiger partial charge in [0.05, 0.1) is 0 Å². The van der Waals surface area contributed by atoms with Gasteiger partial charge in [-0.25, -0.2) is 4.79 Å². The molecule has 1 unspecified atom stereocenters. The molecular formula is C18H22N2O4. The number of ether oxygens (including phenoxy) is 1. The Kier molecular flexibility index (Phi) is 4.85. The number of amides is 1. The first kappa shape index (κ1) is 16.5. The van der Waals surface area contributed by atoms with Gasteiger partial charge in [-0.2, -0.15) is 0 Å². The maximum Gasteiger partial charge on any atom is 0.336 e. The third-order valence-electron chi connectivity index (χ3n) is 4.59. The predicted molar refractivity (Wildman–Crippen MR) is 90.9 cm³/mol. The average molecular weight is 330 g/mol. The number of carbonyl (C=O) groups is 1. The molecule has 0 spiro atoms.